The number of nitriles is 1. The highest BCUT2D eigenvalue weighted by molar-refractivity contribution is 7.19. The van der Waals surface area contributed by atoms with Crippen molar-refractivity contribution in [2.75, 3.05) is 44.9 Å². The number of carbonyl (C=O) groups excluding carboxylic acids is 1. The summed E-state index contributed by atoms with van der Waals surface area (Å²) < 4.78 is 5.41. The summed E-state index contributed by atoms with van der Waals surface area (Å²) >= 11 is 1.30. The number of ether oxygens (including phenoxy) is 1. The fraction of sp³-hybridized carbons (Fsp3) is 0.571. The smallest absolute Gasteiger partial charge is 0.265 e. The maximum Gasteiger partial charge on any atom is 0.265 e. The van der Waals surface area contributed by atoms with E-state index in [-0.39, 0.29) is 17.7 Å². The molecule has 0 bridgehead atoms. The molecule has 0 saturated carbocycles. The zero-order valence-corrected chi connectivity index (χ0v) is 13.4. The first-order valence-corrected chi connectivity index (χ1v) is 7.63. The molecule has 1 fully saturated rings. The number of rotatable bonds is 3. The van der Waals surface area contributed by atoms with Crippen molar-refractivity contribution in [3.05, 3.63) is 10.4 Å². The van der Waals surface area contributed by atoms with Crippen LogP contribution in [0.1, 0.15) is 28.1 Å². The third-order valence-electron chi connectivity index (χ3n) is 3.64. The number of nitrogens with two attached hydrogens (primary N) is 1. The summed E-state index contributed by atoms with van der Waals surface area (Å²) in [6.45, 7) is 1.57. The quantitative estimate of drug-likeness (QED) is 0.915. The van der Waals surface area contributed by atoms with Crippen LogP contribution in [-0.2, 0) is 4.74 Å². The monoisotopic (exact) mass is 308 g/mol. The number of anilines is 2. The van der Waals surface area contributed by atoms with Gasteiger partial charge in [-0.3, -0.25) is 4.79 Å². The molecule has 2 N–H and O–H groups in total. The van der Waals surface area contributed by atoms with E-state index in [0.29, 0.717) is 10.4 Å². The summed E-state index contributed by atoms with van der Waals surface area (Å²) in [5.41, 5.74) is 6.70. The van der Waals surface area contributed by atoms with Crippen molar-refractivity contribution in [3.63, 3.8) is 0 Å². The standard InChI is InChI=1S/C14H20N4O2S/c1-17(2)13(19)12-11(16)10(7-15)14(21-12)18-6-4-5-9(8-18)20-3/h9H,4-6,8,16H2,1-3H3. The second-order valence-electron chi connectivity index (χ2n) is 5.28. The highest BCUT2D eigenvalue weighted by Gasteiger charge is 2.28. The second-order valence-corrected chi connectivity index (χ2v) is 6.28. The lowest BCUT2D eigenvalue weighted by Gasteiger charge is -2.32. The van der Waals surface area contributed by atoms with Crippen LogP contribution in [0.15, 0.2) is 0 Å². The minimum atomic E-state index is -0.166. The Bertz CT molecular complexity index is 576. The summed E-state index contributed by atoms with van der Waals surface area (Å²) in [5, 5.41) is 10.2. The molecular formula is C14H20N4O2S. The van der Waals surface area contributed by atoms with Gasteiger partial charge in [-0.25, -0.2) is 0 Å². The predicted molar refractivity (Wildman–Crippen MR) is 83.7 cm³/mol. The molecule has 1 amide bonds. The third-order valence-corrected chi connectivity index (χ3v) is 4.89. The maximum absolute atomic E-state index is 12.2. The molecule has 7 heteroatoms. The molecule has 1 aliphatic heterocycles. The number of hydrogen-bond acceptors (Lipinski definition) is 6. The molecular weight excluding hydrogens is 288 g/mol. The normalized spacial score (nSPS) is 18.4. The zero-order valence-electron chi connectivity index (χ0n) is 12.5. The van der Waals surface area contributed by atoms with Gasteiger partial charge >= 0.3 is 0 Å². The van der Waals surface area contributed by atoms with E-state index in [4.69, 9.17) is 10.5 Å². The van der Waals surface area contributed by atoms with Crippen LogP contribution in [0.4, 0.5) is 10.7 Å². The van der Waals surface area contributed by atoms with E-state index in [1.54, 1.807) is 21.2 Å². The van der Waals surface area contributed by atoms with Crippen molar-refractivity contribution < 1.29 is 9.53 Å². The molecule has 2 rings (SSSR count). The molecule has 0 aliphatic carbocycles. The number of thiophene rings is 1. The molecule has 1 aromatic heterocycles. The Morgan fingerprint density at radius 3 is 2.86 bits per heavy atom. The van der Waals surface area contributed by atoms with Gasteiger partial charge in [0.2, 0.25) is 0 Å². The first kappa shape index (κ1) is 15.6. The average Bonchev–Trinajstić information content (AvgIpc) is 2.83. The summed E-state index contributed by atoms with van der Waals surface area (Å²) in [6.07, 6.45) is 2.17. The van der Waals surface area contributed by atoms with Gasteiger partial charge in [0, 0.05) is 34.3 Å². The van der Waals surface area contributed by atoms with Crippen LogP contribution in [0.3, 0.4) is 0 Å². The summed E-state index contributed by atoms with van der Waals surface area (Å²) in [5.74, 6) is -0.166. The lowest BCUT2D eigenvalue weighted by atomic mass is 10.1. The predicted octanol–water partition coefficient (Wildman–Crippen LogP) is 1.52. The Balaban J connectivity index is 2.38. The number of methoxy groups -OCH3 is 1. The molecule has 1 unspecified atom stereocenters. The molecule has 6 nitrogen and oxygen atoms in total. The summed E-state index contributed by atoms with van der Waals surface area (Å²) in [6, 6.07) is 2.14. The molecule has 2 heterocycles. The largest absolute Gasteiger partial charge is 0.396 e. The van der Waals surface area contributed by atoms with E-state index in [1.807, 2.05) is 0 Å². The van der Waals surface area contributed by atoms with Gasteiger partial charge in [-0.05, 0) is 12.8 Å². The van der Waals surface area contributed by atoms with E-state index in [9.17, 15) is 10.1 Å². The van der Waals surface area contributed by atoms with E-state index in [0.717, 1.165) is 30.9 Å². The topological polar surface area (TPSA) is 82.6 Å². The van der Waals surface area contributed by atoms with Crippen LogP contribution >= 0.6 is 11.3 Å². The molecule has 1 aromatic rings. The first-order valence-electron chi connectivity index (χ1n) is 6.81. The molecule has 1 saturated heterocycles. The van der Waals surface area contributed by atoms with Crippen LogP contribution in [0, 0.1) is 11.3 Å². The summed E-state index contributed by atoms with van der Waals surface area (Å²) in [4.78, 5) is 16.2. The fourth-order valence-electron chi connectivity index (χ4n) is 2.44. The Labute approximate surface area is 128 Å². The zero-order chi connectivity index (χ0) is 15.6. The minimum absolute atomic E-state index is 0.154. The Kier molecular flexibility index (Phi) is 4.70. The number of carbonyl (C=O) groups is 1. The molecule has 1 atom stereocenters. The SMILES string of the molecule is COC1CCCN(c2sc(C(=O)N(C)C)c(N)c2C#N)C1. The van der Waals surface area contributed by atoms with Crippen LogP contribution < -0.4 is 10.6 Å². The molecule has 21 heavy (non-hydrogen) atoms. The molecule has 0 aromatic carbocycles. The number of nitrogen functional groups attached to an aromatic ring is 1. The lowest BCUT2D eigenvalue weighted by Crippen LogP contribution is -2.39. The minimum Gasteiger partial charge on any atom is -0.396 e. The van der Waals surface area contributed by atoms with E-state index >= 15 is 0 Å². The highest BCUT2D eigenvalue weighted by atomic mass is 32.1. The lowest BCUT2D eigenvalue weighted by molar-refractivity contribution is 0.0833. The van der Waals surface area contributed by atoms with Crippen molar-refractivity contribution in [1.82, 2.24) is 4.90 Å². The van der Waals surface area contributed by atoms with Crippen molar-refractivity contribution in [2.24, 2.45) is 0 Å². The van der Waals surface area contributed by atoms with Gasteiger partial charge in [-0.2, -0.15) is 5.26 Å². The number of hydrogen-bond donors (Lipinski definition) is 1. The van der Waals surface area contributed by atoms with Gasteiger partial charge < -0.3 is 20.3 Å². The van der Waals surface area contributed by atoms with E-state index < -0.39 is 0 Å². The Hall–Kier alpha value is -1.78. The molecule has 0 spiro atoms. The number of amides is 1. The van der Waals surface area contributed by atoms with Gasteiger partial charge in [-0.15, -0.1) is 11.3 Å². The van der Waals surface area contributed by atoms with Crippen molar-refractivity contribution in [3.8, 4) is 6.07 Å². The van der Waals surface area contributed by atoms with Gasteiger partial charge in [-0.1, -0.05) is 0 Å². The second kappa shape index (κ2) is 6.33. The Morgan fingerprint density at radius 2 is 2.29 bits per heavy atom. The van der Waals surface area contributed by atoms with Crippen molar-refractivity contribution in [1.29, 1.82) is 5.26 Å². The van der Waals surface area contributed by atoms with Gasteiger partial charge in [0.25, 0.3) is 5.91 Å². The first-order chi connectivity index (χ1) is 9.99. The fourth-order valence-corrected chi connectivity index (χ4v) is 3.67. The summed E-state index contributed by atoms with van der Waals surface area (Å²) in [7, 11) is 5.05. The van der Waals surface area contributed by atoms with Crippen molar-refractivity contribution in [2.45, 2.75) is 18.9 Å². The number of piperidine rings is 1. The molecule has 0 radical (unpaired) electrons. The van der Waals surface area contributed by atoms with E-state index in [2.05, 4.69) is 11.0 Å². The van der Waals surface area contributed by atoms with Gasteiger partial charge in [0.1, 0.15) is 21.5 Å². The van der Waals surface area contributed by atoms with Crippen LogP contribution in [0.5, 0.6) is 0 Å². The van der Waals surface area contributed by atoms with Gasteiger partial charge in [0.15, 0.2) is 0 Å². The Morgan fingerprint density at radius 1 is 1.57 bits per heavy atom. The van der Waals surface area contributed by atoms with Crippen LogP contribution in [0.2, 0.25) is 0 Å². The van der Waals surface area contributed by atoms with Crippen LogP contribution in [0.25, 0.3) is 0 Å². The van der Waals surface area contributed by atoms with Gasteiger partial charge in [0.05, 0.1) is 11.8 Å². The number of nitrogens with zero attached hydrogens (tertiary/aromatic N) is 3. The molecule has 114 valence electrons. The van der Waals surface area contributed by atoms with Crippen molar-refractivity contribution >= 4 is 27.9 Å². The highest BCUT2D eigenvalue weighted by Crippen LogP contribution is 2.39. The molecule has 1 aliphatic rings. The van der Waals surface area contributed by atoms with Crippen LogP contribution in [-0.4, -0.2) is 51.2 Å². The maximum atomic E-state index is 12.2. The average molecular weight is 308 g/mol. The third kappa shape index (κ3) is 2.96. The van der Waals surface area contributed by atoms with E-state index in [1.165, 1.54) is 16.2 Å².